The molecule has 0 unspecified atom stereocenters. The minimum atomic E-state index is -0.386. The van der Waals surface area contributed by atoms with Gasteiger partial charge in [-0.3, -0.25) is 9.59 Å². The summed E-state index contributed by atoms with van der Waals surface area (Å²) in [5.41, 5.74) is 0.211. The summed E-state index contributed by atoms with van der Waals surface area (Å²) in [5, 5.41) is 2.80. The van der Waals surface area contributed by atoms with E-state index in [4.69, 9.17) is 0 Å². The Bertz CT molecular complexity index is 541. The molecule has 0 aromatic heterocycles. The van der Waals surface area contributed by atoms with Gasteiger partial charge in [0.25, 0.3) is 0 Å². The molecule has 22 heavy (non-hydrogen) atoms. The first-order chi connectivity index (χ1) is 10.3. The summed E-state index contributed by atoms with van der Waals surface area (Å²) < 4.78 is 12.8. The second-order valence-corrected chi connectivity index (χ2v) is 6.81. The summed E-state index contributed by atoms with van der Waals surface area (Å²) in [6, 6.07) is 5.73. The van der Waals surface area contributed by atoms with E-state index in [1.807, 2.05) is 25.7 Å². The number of hydrogen-bond acceptors (Lipinski definition) is 2. The summed E-state index contributed by atoms with van der Waals surface area (Å²) in [5.74, 6) is -0.361. The van der Waals surface area contributed by atoms with E-state index in [0.29, 0.717) is 31.6 Å². The van der Waals surface area contributed by atoms with Crippen LogP contribution in [-0.2, 0) is 9.59 Å². The van der Waals surface area contributed by atoms with Crippen LogP contribution < -0.4 is 5.32 Å². The number of hydrogen-bond donors (Lipinski definition) is 1. The number of amides is 2. The van der Waals surface area contributed by atoms with Crippen molar-refractivity contribution >= 4 is 17.5 Å². The Morgan fingerprint density at radius 1 is 1.14 bits per heavy atom. The first kappa shape index (κ1) is 16.5. The predicted octanol–water partition coefficient (Wildman–Crippen LogP) is 3.05. The van der Waals surface area contributed by atoms with Gasteiger partial charge in [-0.2, -0.15) is 0 Å². The van der Waals surface area contributed by atoms with Gasteiger partial charge in [0.15, 0.2) is 0 Å². The van der Waals surface area contributed by atoms with Gasteiger partial charge in [-0.25, -0.2) is 4.39 Å². The Labute approximate surface area is 130 Å². The molecule has 1 fully saturated rings. The van der Waals surface area contributed by atoms with Crippen molar-refractivity contribution in [3.8, 4) is 0 Å². The Kier molecular flexibility index (Phi) is 4.84. The van der Waals surface area contributed by atoms with Crippen LogP contribution in [0.2, 0.25) is 0 Å². The van der Waals surface area contributed by atoms with Gasteiger partial charge < -0.3 is 10.2 Å². The lowest BCUT2D eigenvalue weighted by atomic mass is 9.90. The number of piperidine rings is 1. The number of nitrogens with one attached hydrogen (secondary N) is 1. The van der Waals surface area contributed by atoms with E-state index in [9.17, 15) is 14.0 Å². The zero-order chi connectivity index (χ0) is 16.3. The molecule has 5 heteroatoms. The van der Waals surface area contributed by atoms with E-state index >= 15 is 0 Å². The van der Waals surface area contributed by atoms with Gasteiger partial charge in [-0.05, 0) is 37.1 Å². The molecule has 0 saturated carbocycles. The quantitative estimate of drug-likeness (QED) is 0.913. The van der Waals surface area contributed by atoms with Crippen LogP contribution in [0.5, 0.6) is 0 Å². The van der Waals surface area contributed by atoms with Crippen LogP contribution in [0.3, 0.4) is 0 Å². The van der Waals surface area contributed by atoms with E-state index in [0.717, 1.165) is 0 Å². The molecule has 120 valence electrons. The van der Waals surface area contributed by atoms with Gasteiger partial charge in [0, 0.05) is 30.1 Å². The lowest BCUT2D eigenvalue weighted by Crippen LogP contribution is -2.45. The Balaban J connectivity index is 1.87. The van der Waals surface area contributed by atoms with E-state index in [1.54, 1.807) is 12.1 Å². The van der Waals surface area contributed by atoms with E-state index in [1.165, 1.54) is 12.1 Å². The second kappa shape index (κ2) is 6.46. The third-order valence-corrected chi connectivity index (χ3v) is 3.91. The maximum absolute atomic E-state index is 12.8. The summed E-state index contributed by atoms with van der Waals surface area (Å²) >= 11 is 0. The van der Waals surface area contributed by atoms with Gasteiger partial charge >= 0.3 is 0 Å². The molecule has 0 atom stereocenters. The van der Waals surface area contributed by atoms with Crippen LogP contribution in [0, 0.1) is 17.2 Å². The van der Waals surface area contributed by atoms with Crippen molar-refractivity contribution < 1.29 is 14.0 Å². The maximum Gasteiger partial charge on any atom is 0.227 e. The molecule has 1 aromatic carbocycles. The topological polar surface area (TPSA) is 49.4 Å². The van der Waals surface area contributed by atoms with Crippen LogP contribution in [0.25, 0.3) is 0 Å². The number of carbonyl (C=O) groups is 2. The van der Waals surface area contributed by atoms with Gasteiger partial charge in [0.2, 0.25) is 11.8 Å². The Hall–Kier alpha value is -1.91. The highest BCUT2D eigenvalue weighted by Gasteiger charge is 2.32. The molecule has 0 spiro atoms. The van der Waals surface area contributed by atoms with Crippen LogP contribution in [0.1, 0.15) is 33.6 Å². The molecule has 1 aromatic rings. The standard InChI is InChI=1S/C17H23FN2O2/c1-17(2,3)16(22)20-10-8-12(9-11-20)15(21)19-14-6-4-13(18)5-7-14/h4-7,12H,8-11H2,1-3H3,(H,19,21). The van der Waals surface area contributed by atoms with Gasteiger partial charge in [0.05, 0.1) is 0 Å². The van der Waals surface area contributed by atoms with E-state index in [-0.39, 0.29) is 29.0 Å². The first-order valence-electron chi connectivity index (χ1n) is 7.63. The predicted molar refractivity (Wildman–Crippen MR) is 83.8 cm³/mol. The number of benzene rings is 1. The minimum absolute atomic E-state index is 0.0607. The summed E-state index contributed by atoms with van der Waals surface area (Å²) in [4.78, 5) is 26.3. The summed E-state index contributed by atoms with van der Waals surface area (Å²) in [7, 11) is 0. The monoisotopic (exact) mass is 306 g/mol. The average Bonchev–Trinajstić information content (AvgIpc) is 2.48. The zero-order valence-corrected chi connectivity index (χ0v) is 13.4. The largest absolute Gasteiger partial charge is 0.342 e. The molecule has 1 heterocycles. The molecule has 1 N–H and O–H groups in total. The number of anilines is 1. The van der Waals surface area contributed by atoms with Crippen LogP contribution >= 0.6 is 0 Å². The van der Waals surface area contributed by atoms with Crippen molar-refractivity contribution in [2.24, 2.45) is 11.3 Å². The normalized spacial score (nSPS) is 16.5. The SMILES string of the molecule is CC(C)(C)C(=O)N1CCC(C(=O)Nc2ccc(F)cc2)CC1. The fraction of sp³-hybridized carbons (Fsp3) is 0.529. The number of rotatable bonds is 2. The smallest absolute Gasteiger partial charge is 0.227 e. The highest BCUT2D eigenvalue weighted by atomic mass is 19.1. The minimum Gasteiger partial charge on any atom is -0.342 e. The fourth-order valence-corrected chi connectivity index (χ4v) is 2.60. The molecule has 1 aliphatic heterocycles. The number of likely N-dealkylation sites (tertiary alicyclic amines) is 1. The van der Waals surface area contributed by atoms with Crippen LogP contribution in [0.15, 0.2) is 24.3 Å². The molecule has 2 rings (SSSR count). The highest BCUT2D eigenvalue weighted by molar-refractivity contribution is 5.92. The van der Waals surface area contributed by atoms with Gasteiger partial charge in [-0.15, -0.1) is 0 Å². The second-order valence-electron chi connectivity index (χ2n) is 6.81. The lowest BCUT2D eigenvalue weighted by molar-refractivity contribution is -0.142. The van der Waals surface area contributed by atoms with Crippen molar-refractivity contribution in [3.05, 3.63) is 30.1 Å². The van der Waals surface area contributed by atoms with Crippen LogP contribution in [-0.4, -0.2) is 29.8 Å². The molecule has 1 aliphatic rings. The zero-order valence-electron chi connectivity index (χ0n) is 13.4. The summed E-state index contributed by atoms with van der Waals surface area (Å²) in [6.45, 7) is 6.93. The maximum atomic E-state index is 12.8. The molecular formula is C17H23FN2O2. The third kappa shape index (κ3) is 4.06. The molecular weight excluding hydrogens is 283 g/mol. The molecule has 2 amide bonds. The number of halogens is 1. The Morgan fingerprint density at radius 2 is 1.68 bits per heavy atom. The van der Waals surface area contributed by atoms with Crippen molar-refractivity contribution in [1.29, 1.82) is 0 Å². The number of nitrogens with zero attached hydrogens (tertiary/aromatic N) is 1. The third-order valence-electron chi connectivity index (χ3n) is 3.91. The Morgan fingerprint density at radius 3 is 2.18 bits per heavy atom. The van der Waals surface area contributed by atoms with Crippen molar-refractivity contribution in [1.82, 2.24) is 4.90 Å². The molecule has 0 aliphatic carbocycles. The van der Waals surface area contributed by atoms with Crippen molar-refractivity contribution in [3.63, 3.8) is 0 Å². The molecule has 0 bridgehead atoms. The van der Waals surface area contributed by atoms with Gasteiger partial charge in [0.1, 0.15) is 5.82 Å². The molecule has 1 saturated heterocycles. The summed E-state index contributed by atoms with van der Waals surface area (Å²) in [6.07, 6.45) is 1.32. The van der Waals surface area contributed by atoms with E-state index < -0.39 is 0 Å². The van der Waals surface area contributed by atoms with Gasteiger partial charge in [-0.1, -0.05) is 20.8 Å². The van der Waals surface area contributed by atoms with Crippen molar-refractivity contribution in [2.45, 2.75) is 33.6 Å². The van der Waals surface area contributed by atoms with Crippen LogP contribution in [0.4, 0.5) is 10.1 Å². The molecule has 4 nitrogen and oxygen atoms in total. The first-order valence-corrected chi connectivity index (χ1v) is 7.63. The number of carbonyl (C=O) groups excluding carboxylic acids is 2. The fourth-order valence-electron chi connectivity index (χ4n) is 2.60. The average molecular weight is 306 g/mol. The molecule has 0 radical (unpaired) electrons. The highest BCUT2D eigenvalue weighted by Crippen LogP contribution is 2.24. The lowest BCUT2D eigenvalue weighted by Gasteiger charge is -2.35. The van der Waals surface area contributed by atoms with Crippen molar-refractivity contribution in [2.75, 3.05) is 18.4 Å². The van der Waals surface area contributed by atoms with E-state index in [2.05, 4.69) is 5.32 Å².